The fourth-order valence-corrected chi connectivity index (χ4v) is 0.967. The predicted molar refractivity (Wildman–Crippen MR) is 62.5 cm³/mol. The van der Waals surface area contributed by atoms with Gasteiger partial charge in [0.25, 0.3) is 0 Å². The number of para-hydroxylation sites is 2. The lowest BCUT2D eigenvalue weighted by molar-refractivity contribution is 0.460. The molecule has 0 radical (unpaired) electrons. The van der Waals surface area contributed by atoms with Gasteiger partial charge in [0.15, 0.2) is 11.6 Å². The normalized spacial score (nSPS) is 10.7. The van der Waals surface area contributed by atoms with Crippen molar-refractivity contribution in [1.82, 2.24) is 0 Å². The van der Waals surface area contributed by atoms with Gasteiger partial charge in [-0.2, -0.15) is 0 Å². The number of ether oxygens (including phenoxy) is 1. The van der Waals surface area contributed by atoms with Gasteiger partial charge in [-0.05, 0) is 18.7 Å². The summed E-state index contributed by atoms with van der Waals surface area (Å²) in [6.45, 7) is 11.6. The highest BCUT2D eigenvalue weighted by molar-refractivity contribution is 5.62. The van der Waals surface area contributed by atoms with Crippen LogP contribution in [0.2, 0.25) is 0 Å². The Morgan fingerprint density at radius 1 is 1.07 bits per heavy atom. The van der Waals surface area contributed by atoms with Crippen molar-refractivity contribution >= 4 is 5.69 Å². The van der Waals surface area contributed by atoms with Crippen LogP contribution in [0.25, 0.3) is 0 Å². The van der Waals surface area contributed by atoms with E-state index in [1.807, 2.05) is 52.0 Å². The van der Waals surface area contributed by atoms with E-state index < -0.39 is 0 Å². The molecule has 1 aromatic carbocycles. The molecular formula is C12H19NO. The van der Waals surface area contributed by atoms with Crippen LogP contribution in [-0.4, -0.2) is 0 Å². The Hall–Kier alpha value is -1.44. The molecule has 0 amide bonds. The first kappa shape index (κ1) is 12.6. The number of hydrogen-bond donors (Lipinski definition) is 1. The molecule has 78 valence electrons. The molecule has 1 N–H and O–H groups in total. The van der Waals surface area contributed by atoms with Crippen molar-refractivity contribution in [3.63, 3.8) is 0 Å². The van der Waals surface area contributed by atoms with Gasteiger partial charge in [-0.3, -0.25) is 0 Å². The molecule has 0 saturated carbocycles. The summed E-state index contributed by atoms with van der Waals surface area (Å²) in [5, 5.41) is 2.98. The maximum Gasteiger partial charge on any atom is 0.190 e. The van der Waals surface area contributed by atoms with E-state index in [4.69, 9.17) is 4.74 Å². The minimum absolute atomic E-state index is 0.598. The molecule has 0 unspecified atom stereocenters. The summed E-state index contributed by atoms with van der Waals surface area (Å²) < 4.78 is 5.20. The second-order valence-electron chi connectivity index (χ2n) is 2.15. The molecule has 2 heteroatoms. The molecule has 0 bridgehead atoms. The molecule has 1 aliphatic rings. The number of anilines is 1. The van der Waals surface area contributed by atoms with E-state index in [9.17, 15) is 0 Å². The van der Waals surface area contributed by atoms with E-state index in [1.54, 1.807) is 0 Å². The minimum atomic E-state index is 0.598. The molecule has 1 aromatic rings. The molecule has 1 heterocycles. The van der Waals surface area contributed by atoms with Crippen LogP contribution in [0.4, 0.5) is 5.69 Å². The van der Waals surface area contributed by atoms with Gasteiger partial charge in [0.2, 0.25) is 0 Å². The molecule has 2 rings (SSSR count). The fourth-order valence-electron chi connectivity index (χ4n) is 0.967. The lowest BCUT2D eigenvalue weighted by atomic mass is 10.3. The van der Waals surface area contributed by atoms with Crippen molar-refractivity contribution in [3.8, 4) is 5.75 Å². The maximum atomic E-state index is 5.20. The highest BCUT2D eigenvalue weighted by Gasteiger charge is 2.11. The van der Waals surface area contributed by atoms with E-state index in [-0.39, 0.29) is 0 Å². The topological polar surface area (TPSA) is 21.3 Å². The Balaban J connectivity index is 0.000000379. The highest BCUT2D eigenvalue weighted by Crippen LogP contribution is 2.31. The SMILES string of the molecule is C=C1Nc2ccccc2O1.CC.CC. The van der Waals surface area contributed by atoms with E-state index in [0.29, 0.717) is 5.88 Å². The van der Waals surface area contributed by atoms with Crippen molar-refractivity contribution in [2.45, 2.75) is 27.7 Å². The Labute approximate surface area is 86.6 Å². The van der Waals surface area contributed by atoms with Crippen LogP contribution in [0.1, 0.15) is 27.7 Å². The van der Waals surface area contributed by atoms with Crippen LogP contribution in [0.5, 0.6) is 5.75 Å². The zero-order valence-electron chi connectivity index (χ0n) is 9.42. The zero-order valence-corrected chi connectivity index (χ0v) is 9.42. The van der Waals surface area contributed by atoms with Crippen LogP contribution < -0.4 is 10.1 Å². The van der Waals surface area contributed by atoms with E-state index in [0.717, 1.165) is 11.4 Å². The Morgan fingerprint density at radius 3 is 2.21 bits per heavy atom. The standard InChI is InChI=1S/C8H7NO.2C2H6/c1-6-9-7-4-2-3-5-8(7)10-6;2*1-2/h2-5,9H,1H2;2*1-2H3. The molecule has 0 spiro atoms. The number of nitrogens with one attached hydrogen (secondary N) is 1. The van der Waals surface area contributed by atoms with Crippen LogP contribution >= 0.6 is 0 Å². The predicted octanol–water partition coefficient (Wildman–Crippen LogP) is 4.01. The summed E-state index contributed by atoms with van der Waals surface area (Å²) in [5.74, 6) is 1.45. The first-order valence-corrected chi connectivity index (χ1v) is 5.09. The van der Waals surface area contributed by atoms with Gasteiger partial charge in [-0.15, -0.1) is 0 Å². The molecule has 0 fully saturated rings. The third kappa shape index (κ3) is 3.13. The molecule has 0 aromatic heterocycles. The molecular weight excluding hydrogens is 174 g/mol. The van der Waals surface area contributed by atoms with Crippen molar-refractivity contribution in [3.05, 3.63) is 36.7 Å². The largest absolute Gasteiger partial charge is 0.440 e. The highest BCUT2D eigenvalue weighted by atomic mass is 16.5. The second-order valence-corrected chi connectivity index (χ2v) is 2.15. The van der Waals surface area contributed by atoms with Crippen molar-refractivity contribution in [2.24, 2.45) is 0 Å². The summed E-state index contributed by atoms with van der Waals surface area (Å²) in [6, 6.07) is 7.74. The lowest BCUT2D eigenvalue weighted by Gasteiger charge is -1.91. The zero-order chi connectivity index (χ0) is 11.0. The van der Waals surface area contributed by atoms with Crippen LogP contribution in [0, 0.1) is 0 Å². The van der Waals surface area contributed by atoms with Gasteiger partial charge in [-0.25, -0.2) is 0 Å². The third-order valence-electron chi connectivity index (χ3n) is 1.39. The summed E-state index contributed by atoms with van der Waals surface area (Å²) in [4.78, 5) is 0. The van der Waals surface area contributed by atoms with Crippen LogP contribution in [0.3, 0.4) is 0 Å². The third-order valence-corrected chi connectivity index (χ3v) is 1.39. The van der Waals surface area contributed by atoms with Crippen molar-refractivity contribution in [1.29, 1.82) is 0 Å². The maximum absolute atomic E-state index is 5.20. The molecule has 0 saturated heterocycles. The average Bonchev–Trinajstić information content (AvgIpc) is 2.64. The first-order valence-electron chi connectivity index (χ1n) is 5.09. The van der Waals surface area contributed by atoms with Crippen molar-refractivity contribution in [2.75, 3.05) is 5.32 Å². The monoisotopic (exact) mass is 193 g/mol. The molecule has 0 atom stereocenters. The smallest absolute Gasteiger partial charge is 0.190 e. The fraction of sp³-hybridized carbons (Fsp3) is 0.333. The van der Waals surface area contributed by atoms with Gasteiger partial charge in [0.05, 0.1) is 5.69 Å². The summed E-state index contributed by atoms with van der Waals surface area (Å²) in [5.41, 5.74) is 0.993. The van der Waals surface area contributed by atoms with Gasteiger partial charge in [0, 0.05) is 0 Å². The van der Waals surface area contributed by atoms with Crippen LogP contribution in [0.15, 0.2) is 36.7 Å². The van der Waals surface area contributed by atoms with Gasteiger partial charge in [0.1, 0.15) is 0 Å². The minimum Gasteiger partial charge on any atom is -0.440 e. The molecule has 2 nitrogen and oxygen atoms in total. The Morgan fingerprint density at radius 2 is 1.64 bits per heavy atom. The number of rotatable bonds is 0. The van der Waals surface area contributed by atoms with Gasteiger partial charge < -0.3 is 10.1 Å². The summed E-state index contributed by atoms with van der Waals surface area (Å²) in [7, 11) is 0. The summed E-state index contributed by atoms with van der Waals surface area (Å²) >= 11 is 0. The van der Waals surface area contributed by atoms with E-state index in [2.05, 4.69) is 11.9 Å². The van der Waals surface area contributed by atoms with Crippen molar-refractivity contribution < 1.29 is 4.74 Å². The molecule has 1 aliphatic heterocycles. The van der Waals surface area contributed by atoms with Gasteiger partial charge >= 0.3 is 0 Å². The van der Waals surface area contributed by atoms with Gasteiger partial charge in [-0.1, -0.05) is 39.8 Å². The quantitative estimate of drug-likeness (QED) is 0.672. The van der Waals surface area contributed by atoms with Crippen LogP contribution in [-0.2, 0) is 0 Å². The van der Waals surface area contributed by atoms with E-state index >= 15 is 0 Å². The second kappa shape index (κ2) is 7.01. The number of hydrogen-bond acceptors (Lipinski definition) is 2. The number of fused-ring (bicyclic) bond motifs is 1. The first-order chi connectivity index (χ1) is 6.86. The molecule has 14 heavy (non-hydrogen) atoms. The van der Waals surface area contributed by atoms with E-state index in [1.165, 1.54) is 0 Å². The average molecular weight is 193 g/mol. The lowest BCUT2D eigenvalue weighted by Crippen LogP contribution is -1.92. The Bertz CT molecular complexity index is 254. The Kier molecular flexibility index (Phi) is 6.29. The summed E-state index contributed by atoms with van der Waals surface area (Å²) in [6.07, 6.45) is 0. The molecule has 0 aliphatic carbocycles. The number of benzene rings is 1.